The number of carbonyl (C=O) groups is 4. The Kier molecular flexibility index (Phi) is 9.58. The first-order valence-corrected chi connectivity index (χ1v) is 13.3. The third-order valence-electron chi connectivity index (χ3n) is 6.48. The summed E-state index contributed by atoms with van der Waals surface area (Å²) in [4.78, 5) is 65.9. The third-order valence-corrected chi connectivity index (χ3v) is 6.48. The van der Waals surface area contributed by atoms with E-state index >= 15 is 0 Å². The number of aromatic nitrogens is 4. The lowest BCUT2D eigenvalue weighted by atomic mass is 10.0. The molecule has 0 amide bonds. The lowest BCUT2D eigenvalue weighted by molar-refractivity contribution is -0.247. The maximum atomic E-state index is 14.4. The minimum Gasteiger partial charge on any atom is -0.459 e. The van der Waals surface area contributed by atoms with E-state index in [9.17, 15) is 33.1 Å². The second-order valence-electron chi connectivity index (χ2n) is 9.54. The Bertz CT molecular complexity index is 1730. The number of halogens is 2. The number of hydrogen-bond donors (Lipinski definition) is 1. The molecular weight excluding hydrogens is 614 g/mol. The van der Waals surface area contributed by atoms with Gasteiger partial charge >= 0.3 is 23.9 Å². The van der Waals surface area contributed by atoms with Gasteiger partial charge in [0.05, 0.1) is 11.1 Å². The van der Waals surface area contributed by atoms with Gasteiger partial charge in [-0.3, -0.25) is 9.97 Å². The van der Waals surface area contributed by atoms with Crippen LogP contribution in [-0.4, -0.2) is 86.2 Å². The highest BCUT2D eigenvalue weighted by Gasteiger charge is 2.60. The van der Waals surface area contributed by atoms with Gasteiger partial charge in [0, 0.05) is 37.2 Å². The first kappa shape index (κ1) is 31.7. The fourth-order valence-corrected chi connectivity index (χ4v) is 4.29. The van der Waals surface area contributed by atoms with Gasteiger partial charge in [0.15, 0.2) is 12.2 Å². The van der Waals surface area contributed by atoms with Gasteiger partial charge < -0.3 is 28.8 Å². The molecule has 0 bridgehead atoms. The largest absolute Gasteiger partial charge is 0.459 e. The Balaban J connectivity index is 1.47. The summed E-state index contributed by atoms with van der Waals surface area (Å²) < 4.78 is 55.5. The van der Waals surface area contributed by atoms with E-state index in [0.717, 1.165) is 30.7 Å². The van der Waals surface area contributed by atoms with Gasteiger partial charge in [-0.1, -0.05) is 0 Å². The average Bonchev–Trinajstić information content (AvgIpc) is 3.33. The van der Waals surface area contributed by atoms with Crippen molar-refractivity contribution in [3.05, 3.63) is 120 Å². The SMILES string of the molecule is O=C(OC[C@@]1(O)O[C@H](COC(=O)c2cccnc2F)[C@@H](OC(=O)c2cccnc2F)[C@@H]1OC(=O)c1cccnc1)c1cccnc1. The second-order valence-corrected chi connectivity index (χ2v) is 9.54. The predicted octanol–water partition coefficient (Wildman–Crippen LogP) is 2.10. The fraction of sp³-hybridized carbons (Fsp3) is 0.200. The summed E-state index contributed by atoms with van der Waals surface area (Å²) >= 11 is 0. The molecule has 4 aromatic heterocycles. The molecule has 16 heteroatoms. The van der Waals surface area contributed by atoms with E-state index in [1.165, 1.54) is 55.0 Å². The van der Waals surface area contributed by atoms with Crippen LogP contribution in [0.1, 0.15) is 41.4 Å². The third kappa shape index (κ3) is 7.14. The van der Waals surface area contributed by atoms with Crippen molar-refractivity contribution in [1.29, 1.82) is 0 Å². The molecule has 5 rings (SSSR count). The molecule has 0 radical (unpaired) electrons. The van der Waals surface area contributed by atoms with Crippen molar-refractivity contribution < 1.29 is 56.7 Å². The van der Waals surface area contributed by atoms with E-state index in [1.807, 2.05) is 0 Å². The standard InChI is InChI=1S/C30H22F2N4O10/c31-24-19(7-3-11-35-24)28(39)42-15-21-22(44-29(40)20-8-4-12-36-25(20)32)23(45-27(38)18-6-2-10-34-14-18)30(41,46-21)16-43-26(37)17-5-1-9-33-13-17/h1-14,21-23,41H,15-16H2/t21-,22-,23+,30-/m1/s1. The Hall–Kier alpha value is -5.74. The molecule has 14 nitrogen and oxygen atoms in total. The zero-order valence-electron chi connectivity index (χ0n) is 23.4. The van der Waals surface area contributed by atoms with Crippen molar-refractivity contribution in [2.24, 2.45) is 0 Å². The van der Waals surface area contributed by atoms with Crippen LogP contribution < -0.4 is 0 Å². The molecule has 1 saturated heterocycles. The monoisotopic (exact) mass is 636 g/mol. The number of aliphatic hydroxyl groups is 1. The van der Waals surface area contributed by atoms with Crippen LogP contribution in [0, 0.1) is 11.9 Å². The lowest BCUT2D eigenvalue weighted by Gasteiger charge is -2.29. The molecule has 0 spiro atoms. The van der Waals surface area contributed by atoms with Crippen LogP contribution in [0.25, 0.3) is 0 Å². The molecule has 236 valence electrons. The van der Waals surface area contributed by atoms with Gasteiger partial charge in [0.1, 0.15) is 30.4 Å². The molecule has 46 heavy (non-hydrogen) atoms. The summed E-state index contributed by atoms with van der Waals surface area (Å²) in [6.07, 6.45) is 1.85. The highest BCUT2D eigenvalue weighted by molar-refractivity contribution is 5.91. The van der Waals surface area contributed by atoms with Crippen molar-refractivity contribution in [2.75, 3.05) is 13.2 Å². The molecule has 5 heterocycles. The predicted molar refractivity (Wildman–Crippen MR) is 146 cm³/mol. The number of rotatable bonds is 10. The molecule has 1 N–H and O–H groups in total. The Morgan fingerprint density at radius 2 is 1.30 bits per heavy atom. The maximum absolute atomic E-state index is 14.4. The molecule has 0 aromatic carbocycles. The number of nitrogens with zero attached hydrogens (tertiary/aromatic N) is 4. The molecule has 0 aliphatic carbocycles. The number of esters is 4. The molecule has 1 aliphatic rings. The van der Waals surface area contributed by atoms with Crippen LogP contribution in [0.15, 0.2) is 85.7 Å². The Morgan fingerprint density at radius 1 is 0.739 bits per heavy atom. The van der Waals surface area contributed by atoms with Crippen LogP contribution in [0.4, 0.5) is 8.78 Å². The summed E-state index contributed by atoms with van der Waals surface area (Å²) in [7, 11) is 0. The topological polar surface area (TPSA) is 186 Å². The molecular formula is C30H22F2N4O10. The summed E-state index contributed by atoms with van der Waals surface area (Å²) in [6.45, 7) is -1.84. The van der Waals surface area contributed by atoms with Gasteiger partial charge in [0.2, 0.25) is 17.7 Å². The van der Waals surface area contributed by atoms with Gasteiger partial charge in [-0.2, -0.15) is 8.78 Å². The van der Waals surface area contributed by atoms with Crippen molar-refractivity contribution in [3.8, 4) is 0 Å². The maximum Gasteiger partial charge on any atom is 0.343 e. The van der Waals surface area contributed by atoms with E-state index in [4.69, 9.17) is 23.7 Å². The highest BCUT2D eigenvalue weighted by atomic mass is 19.1. The summed E-state index contributed by atoms with van der Waals surface area (Å²) in [5, 5.41) is 11.7. The van der Waals surface area contributed by atoms with Gasteiger partial charge in [-0.15, -0.1) is 0 Å². The van der Waals surface area contributed by atoms with Gasteiger partial charge in [-0.05, 0) is 48.5 Å². The van der Waals surface area contributed by atoms with Gasteiger partial charge in [-0.25, -0.2) is 29.1 Å². The van der Waals surface area contributed by atoms with Crippen molar-refractivity contribution in [1.82, 2.24) is 19.9 Å². The number of pyridine rings is 4. The lowest BCUT2D eigenvalue weighted by Crippen LogP contribution is -2.51. The first-order valence-electron chi connectivity index (χ1n) is 13.3. The van der Waals surface area contributed by atoms with Crippen molar-refractivity contribution in [3.63, 3.8) is 0 Å². The van der Waals surface area contributed by atoms with Crippen molar-refractivity contribution >= 4 is 23.9 Å². The fourth-order valence-electron chi connectivity index (χ4n) is 4.29. The second kappa shape index (κ2) is 13.9. The van der Waals surface area contributed by atoms with Crippen LogP contribution in [-0.2, 0) is 23.7 Å². The quantitative estimate of drug-likeness (QED) is 0.151. The zero-order valence-corrected chi connectivity index (χ0v) is 23.4. The highest BCUT2D eigenvalue weighted by Crippen LogP contribution is 2.36. The van der Waals surface area contributed by atoms with Crippen molar-refractivity contribution in [2.45, 2.75) is 24.1 Å². The van der Waals surface area contributed by atoms with Crippen LogP contribution in [0.5, 0.6) is 0 Å². The van der Waals surface area contributed by atoms with E-state index in [-0.39, 0.29) is 11.1 Å². The molecule has 0 unspecified atom stereocenters. The Morgan fingerprint density at radius 3 is 1.87 bits per heavy atom. The van der Waals surface area contributed by atoms with Crippen LogP contribution in [0.2, 0.25) is 0 Å². The molecule has 0 saturated carbocycles. The molecule has 1 aliphatic heterocycles. The number of carbonyl (C=O) groups excluding carboxylic acids is 4. The molecule has 4 atom stereocenters. The average molecular weight is 637 g/mol. The van der Waals surface area contributed by atoms with Crippen LogP contribution >= 0.6 is 0 Å². The summed E-state index contributed by atoms with van der Waals surface area (Å²) in [6, 6.07) is 10.3. The number of hydrogen-bond acceptors (Lipinski definition) is 14. The van der Waals surface area contributed by atoms with E-state index in [2.05, 4.69) is 19.9 Å². The molecule has 1 fully saturated rings. The minimum atomic E-state index is -2.75. The minimum absolute atomic E-state index is 0.00740. The van der Waals surface area contributed by atoms with E-state index in [0.29, 0.717) is 0 Å². The summed E-state index contributed by atoms with van der Waals surface area (Å²) in [5.74, 6) is -9.67. The summed E-state index contributed by atoms with van der Waals surface area (Å²) in [5.41, 5.74) is -1.28. The smallest absolute Gasteiger partial charge is 0.343 e. The van der Waals surface area contributed by atoms with E-state index < -0.39 is 84.2 Å². The Labute approximate surface area is 257 Å². The number of ether oxygens (including phenoxy) is 5. The van der Waals surface area contributed by atoms with Gasteiger partial charge in [0.25, 0.3) is 0 Å². The molecule has 4 aromatic rings. The van der Waals surface area contributed by atoms with E-state index in [1.54, 1.807) is 0 Å². The first-order chi connectivity index (χ1) is 22.2. The normalized spacial score (nSPS) is 20.4. The van der Waals surface area contributed by atoms with Crippen LogP contribution in [0.3, 0.4) is 0 Å². The zero-order chi connectivity index (χ0) is 32.7.